The molecular formula is C36H72NO3+. The Morgan fingerprint density at radius 1 is 0.475 bits per heavy atom. The summed E-state index contributed by atoms with van der Waals surface area (Å²) in [5.41, 5.74) is 0. The van der Waals surface area contributed by atoms with Gasteiger partial charge in [0.2, 0.25) is 0 Å². The normalized spacial score (nSPS) is 13.8. The van der Waals surface area contributed by atoms with Crippen molar-refractivity contribution in [3.8, 4) is 0 Å². The molecule has 1 N–H and O–H groups in total. The summed E-state index contributed by atoms with van der Waals surface area (Å²) in [7, 11) is 0. The molecule has 2 atom stereocenters. The van der Waals surface area contributed by atoms with Gasteiger partial charge < -0.3 is 0 Å². The average molecular weight is 567 g/mol. The number of carbonyl (C=O) groups excluding carboxylic acids is 2. The van der Waals surface area contributed by atoms with Crippen LogP contribution in [0.4, 0.5) is 0 Å². The van der Waals surface area contributed by atoms with Crippen LogP contribution >= 0.6 is 0 Å². The van der Waals surface area contributed by atoms with E-state index >= 15 is 0 Å². The maximum atomic E-state index is 12.9. The van der Waals surface area contributed by atoms with Gasteiger partial charge in [0, 0.05) is 6.42 Å². The second-order valence-electron chi connectivity index (χ2n) is 12.7. The van der Waals surface area contributed by atoms with Gasteiger partial charge in [-0.3, -0.25) is 4.79 Å². The molecule has 0 radical (unpaired) electrons. The van der Waals surface area contributed by atoms with E-state index < -0.39 is 10.7 Å². The third-order valence-electron chi connectivity index (χ3n) is 9.04. The SMILES string of the molecule is CCCCCCCCCCCCCCCC(=O)C(C)[N+](O)(CC)C(=O)CCCCCCCCCCCCCCC. The van der Waals surface area contributed by atoms with Crippen molar-refractivity contribution in [2.75, 3.05) is 6.54 Å². The topological polar surface area (TPSA) is 54.4 Å². The highest BCUT2D eigenvalue weighted by Gasteiger charge is 2.42. The van der Waals surface area contributed by atoms with Gasteiger partial charge >= 0.3 is 5.91 Å². The summed E-state index contributed by atoms with van der Waals surface area (Å²) >= 11 is 0. The molecule has 0 aliphatic heterocycles. The van der Waals surface area contributed by atoms with Crippen LogP contribution in [0, 0.1) is 0 Å². The Labute approximate surface area is 251 Å². The Hall–Kier alpha value is -0.740. The predicted molar refractivity (Wildman–Crippen MR) is 173 cm³/mol. The summed E-state index contributed by atoms with van der Waals surface area (Å²) in [5.74, 6) is -0.150. The number of carbonyl (C=O) groups is 2. The van der Waals surface area contributed by atoms with Crippen LogP contribution in [0.1, 0.15) is 207 Å². The number of unbranched alkanes of at least 4 members (excludes halogenated alkanes) is 24. The van der Waals surface area contributed by atoms with Crippen LogP contribution in [-0.2, 0) is 9.59 Å². The number of Topliss-reactive ketones (excluding diaryl/α,β-unsaturated/α-hetero) is 1. The quantitative estimate of drug-likeness (QED) is 0.0393. The number of nitrogens with zero attached hydrogens (tertiary/aromatic N) is 1. The molecule has 0 heterocycles. The molecule has 0 rings (SSSR count). The maximum Gasteiger partial charge on any atom is 0.346 e. The Bertz CT molecular complexity index is 578. The number of likely N-dealkylation sites (N-methyl/N-ethyl adjacent to an activating group) is 1. The second kappa shape index (κ2) is 28.4. The zero-order valence-electron chi connectivity index (χ0n) is 27.8. The monoisotopic (exact) mass is 567 g/mol. The van der Waals surface area contributed by atoms with E-state index in [4.69, 9.17) is 0 Å². The van der Waals surface area contributed by atoms with E-state index in [0.717, 1.165) is 32.1 Å². The van der Waals surface area contributed by atoms with Gasteiger partial charge in [0.15, 0.2) is 11.8 Å². The molecule has 2 unspecified atom stereocenters. The number of amides is 1. The fourth-order valence-corrected chi connectivity index (χ4v) is 5.92. The summed E-state index contributed by atoms with van der Waals surface area (Å²) in [6, 6.07) is -0.656. The van der Waals surface area contributed by atoms with Gasteiger partial charge in [-0.15, -0.1) is 4.65 Å². The predicted octanol–water partition coefficient (Wildman–Crippen LogP) is 11.7. The lowest BCUT2D eigenvalue weighted by Crippen LogP contribution is -2.58. The summed E-state index contributed by atoms with van der Waals surface area (Å²) < 4.78 is -0.713. The van der Waals surface area contributed by atoms with E-state index in [0.29, 0.717) is 12.8 Å². The van der Waals surface area contributed by atoms with E-state index in [1.54, 1.807) is 6.92 Å². The molecule has 0 saturated carbocycles. The number of hydrogen-bond donors (Lipinski definition) is 1. The first-order chi connectivity index (χ1) is 19.4. The third-order valence-corrected chi connectivity index (χ3v) is 9.04. The molecule has 238 valence electrons. The highest BCUT2D eigenvalue weighted by molar-refractivity contribution is 5.84. The molecule has 0 spiro atoms. The minimum atomic E-state index is -0.713. The summed E-state index contributed by atoms with van der Waals surface area (Å²) in [4.78, 5) is 25.7. The van der Waals surface area contributed by atoms with E-state index in [1.165, 1.54) is 135 Å². The average Bonchev–Trinajstić information content (AvgIpc) is 2.96. The number of ketones is 1. The highest BCUT2D eigenvalue weighted by atomic mass is 16.6. The lowest BCUT2D eigenvalue weighted by molar-refractivity contribution is -1.05. The first-order valence-corrected chi connectivity index (χ1v) is 18.1. The zero-order valence-corrected chi connectivity index (χ0v) is 27.8. The molecule has 0 fully saturated rings. The summed E-state index contributed by atoms with van der Waals surface area (Å²) in [5, 5.41) is 11.1. The van der Waals surface area contributed by atoms with Gasteiger partial charge in [0.25, 0.3) is 0 Å². The van der Waals surface area contributed by atoms with Crippen molar-refractivity contribution in [3.63, 3.8) is 0 Å². The Morgan fingerprint density at radius 3 is 1.05 bits per heavy atom. The van der Waals surface area contributed by atoms with Gasteiger partial charge in [-0.25, -0.2) is 10.0 Å². The second-order valence-corrected chi connectivity index (χ2v) is 12.7. The van der Waals surface area contributed by atoms with Crippen LogP contribution in [0.15, 0.2) is 0 Å². The molecule has 4 heteroatoms. The molecule has 0 bridgehead atoms. The molecule has 0 aliphatic carbocycles. The van der Waals surface area contributed by atoms with Crippen LogP contribution < -0.4 is 0 Å². The van der Waals surface area contributed by atoms with Crippen molar-refractivity contribution < 1.29 is 19.4 Å². The molecule has 0 aromatic rings. The van der Waals surface area contributed by atoms with E-state index in [1.807, 2.05) is 6.92 Å². The number of quaternary nitrogens is 1. The van der Waals surface area contributed by atoms with Crippen molar-refractivity contribution in [2.45, 2.75) is 214 Å². The molecule has 40 heavy (non-hydrogen) atoms. The van der Waals surface area contributed by atoms with Crippen molar-refractivity contribution >= 4 is 11.7 Å². The minimum Gasteiger partial charge on any atom is -0.293 e. The zero-order chi connectivity index (χ0) is 29.7. The Morgan fingerprint density at radius 2 is 0.750 bits per heavy atom. The first kappa shape index (κ1) is 39.3. The highest BCUT2D eigenvalue weighted by Crippen LogP contribution is 2.20. The molecule has 4 nitrogen and oxygen atoms in total. The van der Waals surface area contributed by atoms with E-state index in [2.05, 4.69) is 13.8 Å². The van der Waals surface area contributed by atoms with Crippen molar-refractivity contribution in [1.29, 1.82) is 0 Å². The van der Waals surface area contributed by atoms with E-state index in [9.17, 15) is 14.8 Å². The third kappa shape index (κ3) is 21.0. The standard InChI is InChI=1S/C36H72NO3/c1-5-8-10-12-14-16-18-20-22-24-26-28-30-32-35(38)34(4)37(40,7-3)36(39)33-31-29-27-25-23-21-19-17-15-13-11-9-6-2/h34,40H,5-33H2,1-4H3/q+1. The molecule has 0 aromatic carbocycles. The fraction of sp³-hybridized carbons (Fsp3) is 0.944. The smallest absolute Gasteiger partial charge is 0.293 e. The van der Waals surface area contributed by atoms with Crippen LogP contribution in [0.2, 0.25) is 0 Å². The lowest BCUT2D eigenvalue weighted by atomic mass is 10.0. The molecule has 0 aliphatic rings. The number of rotatable bonds is 31. The van der Waals surface area contributed by atoms with Crippen molar-refractivity contribution in [1.82, 2.24) is 0 Å². The van der Waals surface area contributed by atoms with Crippen LogP contribution in [0.25, 0.3) is 0 Å². The van der Waals surface area contributed by atoms with Gasteiger partial charge in [0.1, 0.15) is 6.54 Å². The molecular weight excluding hydrogens is 494 g/mol. The summed E-state index contributed by atoms with van der Waals surface area (Å²) in [6.07, 6.45) is 34.0. The molecule has 1 amide bonds. The fourth-order valence-electron chi connectivity index (χ4n) is 5.92. The largest absolute Gasteiger partial charge is 0.346 e. The van der Waals surface area contributed by atoms with Gasteiger partial charge in [-0.2, -0.15) is 0 Å². The summed E-state index contributed by atoms with van der Waals surface area (Å²) in [6.45, 7) is 8.36. The van der Waals surface area contributed by atoms with Gasteiger partial charge in [0.05, 0.1) is 6.42 Å². The first-order valence-electron chi connectivity index (χ1n) is 18.1. The minimum absolute atomic E-state index is 0.0335. The van der Waals surface area contributed by atoms with Crippen LogP contribution in [-0.4, -0.2) is 34.1 Å². The van der Waals surface area contributed by atoms with Crippen molar-refractivity contribution in [3.05, 3.63) is 0 Å². The van der Waals surface area contributed by atoms with E-state index in [-0.39, 0.29) is 18.2 Å². The number of hydroxylamine groups is 3. The Kier molecular flexibility index (Phi) is 27.9. The van der Waals surface area contributed by atoms with Crippen LogP contribution in [0.3, 0.4) is 0 Å². The number of hydrogen-bond acceptors (Lipinski definition) is 3. The Balaban J connectivity index is 3.86. The van der Waals surface area contributed by atoms with Crippen molar-refractivity contribution in [2.24, 2.45) is 0 Å². The maximum absolute atomic E-state index is 12.9. The van der Waals surface area contributed by atoms with Gasteiger partial charge in [-0.1, -0.05) is 168 Å². The molecule has 0 aromatic heterocycles. The van der Waals surface area contributed by atoms with Gasteiger partial charge in [-0.05, 0) is 26.7 Å². The van der Waals surface area contributed by atoms with Crippen LogP contribution in [0.5, 0.6) is 0 Å². The lowest BCUT2D eigenvalue weighted by Gasteiger charge is -2.31. The molecule has 0 saturated heterocycles.